The second-order valence-corrected chi connectivity index (χ2v) is 4.40. The number of aliphatic hydroxyl groups excluding tert-OH is 1. The summed E-state index contributed by atoms with van der Waals surface area (Å²) in [5.74, 6) is -1.11. The molecule has 0 unspecified atom stereocenters. The normalized spacial score (nSPS) is 10.6. The third-order valence-corrected chi connectivity index (χ3v) is 2.78. The van der Waals surface area contributed by atoms with Gasteiger partial charge in [-0.2, -0.15) is 0 Å². The number of unbranched alkanes of at least 4 members (excludes halogenated alkanes) is 5. The second-order valence-electron chi connectivity index (χ2n) is 4.40. The van der Waals surface area contributed by atoms with E-state index in [1.165, 1.54) is 12.1 Å². The van der Waals surface area contributed by atoms with Crippen molar-refractivity contribution in [1.29, 1.82) is 0 Å². The van der Waals surface area contributed by atoms with E-state index < -0.39 is 5.97 Å². The van der Waals surface area contributed by atoms with Crippen LogP contribution in [0.15, 0.2) is 12.1 Å². The molecule has 0 radical (unpaired) electrons. The topological polar surface area (TPSA) is 91.9 Å². The van der Waals surface area contributed by atoms with E-state index >= 15 is 0 Å². The molecule has 0 saturated carbocycles. The van der Waals surface area contributed by atoms with Gasteiger partial charge < -0.3 is 20.2 Å². The van der Waals surface area contributed by atoms with Gasteiger partial charge in [0.05, 0.1) is 0 Å². The monoisotopic (exact) mass is 271 g/mol. The van der Waals surface area contributed by atoms with E-state index in [0.29, 0.717) is 11.2 Å². The number of rotatable bonds is 9. The Labute approximate surface area is 112 Å². The zero-order chi connectivity index (χ0) is 14.1. The summed E-state index contributed by atoms with van der Waals surface area (Å²) in [5, 5.41) is 27.2. The summed E-state index contributed by atoms with van der Waals surface area (Å²) in [6.45, 7) is 0.232. The first-order valence-corrected chi connectivity index (χ1v) is 6.57. The van der Waals surface area contributed by atoms with Gasteiger partial charge in [0.2, 0.25) is 11.8 Å². The molecule has 0 atom stereocenters. The van der Waals surface area contributed by atoms with Crippen molar-refractivity contribution in [3.8, 4) is 11.8 Å². The van der Waals surface area contributed by atoms with Gasteiger partial charge in [0.15, 0.2) is 0 Å². The maximum Gasteiger partial charge on any atom is 0.333 e. The fraction of sp³-hybridized carbons (Fsp3) is 0.615. The van der Waals surface area contributed by atoms with Gasteiger partial charge in [-0.3, -0.25) is 0 Å². The third kappa shape index (κ3) is 5.65. The van der Waals surface area contributed by atoms with E-state index in [9.17, 15) is 15.0 Å². The molecule has 1 rings (SSSR count). The summed E-state index contributed by atoms with van der Waals surface area (Å²) in [5.41, 5.74) is 0. The molecule has 1 aromatic rings. The van der Waals surface area contributed by atoms with Crippen molar-refractivity contribution in [2.45, 2.75) is 44.9 Å². The SMILES string of the molecule is O=C(CCCCCCCCO)On1c(O)ccc1O. The van der Waals surface area contributed by atoms with Crippen LogP contribution in [-0.4, -0.2) is 32.6 Å². The van der Waals surface area contributed by atoms with Gasteiger partial charge in [-0.1, -0.05) is 25.7 Å². The highest BCUT2D eigenvalue weighted by molar-refractivity contribution is 5.69. The van der Waals surface area contributed by atoms with Crippen LogP contribution in [0.4, 0.5) is 0 Å². The van der Waals surface area contributed by atoms with Crippen LogP contribution in [0.25, 0.3) is 0 Å². The van der Waals surface area contributed by atoms with Crippen LogP contribution in [-0.2, 0) is 4.79 Å². The molecule has 6 heteroatoms. The lowest BCUT2D eigenvalue weighted by Gasteiger charge is -2.06. The van der Waals surface area contributed by atoms with E-state index in [1.54, 1.807) is 0 Å². The Balaban J connectivity index is 2.12. The first-order valence-electron chi connectivity index (χ1n) is 6.57. The smallest absolute Gasteiger partial charge is 0.333 e. The lowest BCUT2D eigenvalue weighted by molar-refractivity contribution is -0.145. The maximum absolute atomic E-state index is 11.5. The molecule has 0 aromatic carbocycles. The Hall–Kier alpha value is -1.69. The van der Waals surface area contributed by atoms with Gasteiger partial charge in [-0.05, 0) is 12.8 Å². The fourth-order valence-corrected chi connectivity index (χ4v) is 1.73. The van der Waals surface area contributed by atoms with E-state index in [1.807, 2.05) is 0 Å². The lowest BCUT2D eigenvalue weighted by atomic mass is 10.1. The standard InChI is InChI=1S/C13H21NO5/c15-10-6-4-2-1-3-5-7-13(18)19-14-11(16)8-9-12(14)17/h8-9,15-17H,1-7,10H2. The van der Waals surface area contributed by atoms with Crippen molar-refractivity contribution < 1.29 is 25.0 Å². The van der Waals surface area contributed by atoms with Gasteiger partial charge in [0, 0.05) is 25.2 Å². The second kappa shape index (κ2) is 8.42. The minimum atomic E-state index is -0.489. The first kappa shape index (κ1) is 15.4. The highest BCUT2D eigenvalue weighted by Crippen LogP contribution is 2.19. The van der Waals surface area contributed by atoms with Crippen molar-refractivity contribution in [2.75, 3.05) is 6.61 Å². The Morgan fingerprint density at radius 1 is 1.00 bits per heavy atom. The highest BCUT2D eigenvalue weighted by atomic mass is 16.7. The van der Waals surface area contributed by atoms with E-state index in [4.69, 9.17) is 9.94 Å². The molecule has 3 N–H and O–H groups in total. The third-order valence-electron chi connectivity index (χ3n) is 2.78. The van der Waals surface area contributed by atoms with Crippen molar-refractivity contribution in [3.63, 3.8) is 0 Å². The highest BCUT2D eigenvalue weighted by Gasteiger charge is 2.11. The molecule has 1 heterocycles. The number of aliphatic hydroxyl groups is 1. The van der Waals surface area contributed by atoms with Gasteiger partial charge >= 0.3 is 5.97 Å². The molecule has 6 nitrogen and oxygen atoms in total. The molecule has 0 aliphatic rings. The predicted molar refractivity (Wildman–Crippen MR) is 68.8 cm³/mol. The predicted octanol–water partition coefficient (Wildman–Crippen LogP) is 1.58. The Bertz CT molecular complexity index is 369. The maximum atomic E-state index is 11.5. The molecular formula is C13H21NO5. The fourth-order valence-electron chi connectivity index (χ4n) is 1.73. The molecule has 1 aromatic heterocycles. The van der Waals surface area contributed by atoms with Crippen LogP contribution in [0.2, 0.25) is 0 Å². The van der Waals surface area contributed by atoms with Gasteiger partial charge in [0.1, 0.15) is 0 Å². The number of hydrogen-bond donors (Lipinski definition) is 3. The summed E-state index contributed by atoms with van der Waals surface area (Å²) in [6.07, 6.45) is 5.78. The van der Waals surface area contributed by atoms with Crippen LogP contribution in [0.5, 0.6) is 11.8 Å². The van der Waals surface area contributed by atoms with Crippen molar-refractivity contribution in [1.82, 2.24) is 4.73 Å². The van der Waals surface area contributed by atoms with Gasteiger partial charge in [-0.25, -0.2) is 4.79 Å². The Morgan fingerprint density at radius 3 is 2.11 bits per heavy atom. The van der Waals surface area contributed by atoms with E-state index in [-0.39, 0.29) is 24.8 Å². The van der Waals surface area contributed by atoms with Crippen molar-refractivity contribution in [2.24, 2.45) is 0 Å². The first-order chi connectivity index (χ1) is 9.15. The molecule has 0 bridgehead atoms. The molecular weight excluding hydrogens is 250 g/mol. The minimum Gasteiger partial charge on any atom is -0.492 e. The number of carbonyl (C=O) groups excluding carboxylic acids is 1. The number of hydrogen-bond acceptors (Lipinski definition) is 5. The zero-order valence-corrected chi connectivity index (χ0v) is 10.9. The molecule has 19 heavy (non-hydrogen) atoms. The zero-order valence-electron chi connectivity index (χ0n) is 10.9. The largest absolute Gasteiger partial charge is 0.492 e. The Kier molecular flexibility index (Phi) is 6.81. The molecule has 0 aliphatic carbocycles. The summed E-state index contributed by atoms with van der Waals surface area (Å²) in [6, 6.07) is 2.48. The van der Waals surface area contributed by atoms with Gasteiger partial charge in [0.25, 0.3) is 0 Å². The van der Waals surface area contributed by atoms with Crippen LogP contribution >= 0.6 is 0 Å². The number of nitrogens with zero attached hydrogens (tertiary/aromatic N) is 1. The molecule has 0 fully saturated rings. The van der Waals surface area contributed by atoms with E-state index in [0.717, 1.165) is 32.1 Å². The Morgan fingerprint density at radius 2 is 1.53 bits per heavy atom. The van der Waals surface area contributed by atoms with Crippen molar-refractivity contribution >= 4 is 5.97 Å². The summed E-state index contributed by atoms with van der Waals surface area (Å²) < 4.78 is 0.698. The van der Waals surface area contributed by atoms with Gasteiger partial charge in [-0.15, -0.1) is 4.73 Å². The van der Waals surface area contributed by atoms with Crippen LogP contribution in [0.3, 0.4) is 0 Å². The van der Waals surface area contributed by atoms with E-state index in [2.05, 4.69) is 0 Å². The van der Waals surface area contributed by atoms with Crippen LogP contribution < -0.4 is 4.84 Å². The average molecular weight is 271 g/mol. The minimum absolute atomic E-state index is 0.232. The molecule has 0 aliphatic heterocycles. The number of aromatic nitrogens is 1. The molecule has 108 valence electrons. The van der Waals surface area contributed by atoms with Crippen molar-refractivity contribution in [3.05, 3.63) is 12.1 Å². The number of aromatic hydroxyl groups is 2. The quantitative estimate of drug-likeness (QED) is 0.593. The van der Waals surface area contributed by atoms with Crippen LogP contribution in [0.1, 0.15) is 44.9 Å². The molecule has 0 saturated heterocycles. The molecule has 0 spiro atoms. The lowest BCUT2D eigenvalue weighted by Crippen LogP contribution is -2.18. The molecule has 0 amide bonds. The summed E-state index contributed by atoms with van der Waals surface area (Å²) in [4.78, 5) is 16.3. The number of carbonyl (C=O) groups is 1. The summed E-state index contributed by atoms with van der Waals surface area (Å²) in [7, 11) is 0. The summed E-state index contributed by atoms with van der Waals surface area (Å²) >= 11 is 0. The average Bonchev–Trinajstić information content (AvgIpc) is 2.69. The van der Waals surface area contributed by atoms with Crippen LogP contribution in [0, 0.1) is 0 Å².